The van der Waals surface area contributed by atoms with Crippen molar-refractivity contribution in [3.05, 3.63) is 44.8 Å². The smallest absolute Gasteiger partial charge is 0.271 e. The molecule has 0 bridgehead atoms. The van der Waals surface area contributed by atoms with Crippen molar-refractivity contribution >= 4 is 17.7 Å². The van der Waals surface area contributed by atoms with E-state index in [1.165, 1.54) is 0 Å². The molecule has 1 N–H and O–H groups in total. The molecule has 1 aromatic rings. The van der Waals surface area contributed by atoms with Gasteiger partial charge in [0.1, 0.15) is 0 Å². The van der Waals surface area contributed by atoms with E-state index in [4.69, 9.17) is 0 Å². The second-order valence-corrected chi connectivity index (χ2v) is 4.54. The minimum atomic E-state index is -0.129. The first kappa shape index (κ1) is 13.3. The highest BCUT2D eigenvalue weighted by Crippen LogP contribution is 2.12. The normalized spacial score (nSPS) is 17.0. The number of hydrogen-bond donors (Lipinski definition) is 1. The SMILES string of the molecule is C/C=c1/c(C2=CCN(C)C=C2)n[nH]c(=O)/c1=C/CC. The van der Waals surface area contributed by atoms with Gasteiger partial charge in [-0.3, -0.25) is 4.79 Å². The van der Waals surface area contributed by atoms with Crippen molar-refractivity contribution in [2.45, 2.75) is 20.3 Å². The molecule has 19 heavy (non-hydrogen) atoms. The van der Waals surface area contributed by atoms with Crippen LogP contribution in [0.15, 0.2) is 23.1 Å². The number of H-pyrrole nitrogens is 1. The summed E-state index contributed by atoms with van der Waals surface area (Å²) >= 11 is 0. The molecule has 1 aromatic heterocycles. The van der Waals surface area contributed by atoms with Crippen molar-refractivity contribution in [2.75, 3.05) is 13.6 Å². The van der Waals surface area contributed by atoms with Crippen molar-refractivity contribution < 1.29 is 0 Å². The molecular weight excluding hydrogens is 238 g/mol. The number of rotatable bonds is 2. The molecule has 4 nitrogen and oxygen atoms in total. The Morgan fingerprint density at radius 1 is 1.47 bits per heavy atom. The number of hydrogen-bond acceptors (Lipinski definition) is 3. The number of allylic oxidation sites excluding steroid dienone is 2. The molecule has 1 aliphatic rings. The van der Waals surface area contributed by atoms with Gasteiger partial charge in [0, 0.05) is 29.6 Å². The molecule has 0 spiro atoms. The van der Waals surface area contributed by atoms with Gasteiger partial charge in [-0.05, 0) is 25.6 Å². The average molecular weight is 257 g/mol. The fraction of sp³-hybridized carbons (Fsp3) is 0.333. The number of aromatic amines is 1. The lowest BCUT2D eigenvalue weighted by atomic mass is 10.1. The standard InChI is InChI=1S/C15H19N3O/c1-4-6-13-12(5-2)14(16-17-15(13)19)11-7-9-18(3)10-8-11/h5-9H,4,10H2,1-3H3,(H,17,19)/b12-5+,13-6+. The van der Waals surface area contributed by atoms with Crippen molar-refractivity contribution in [1.82, 2.24) is 15.1 Å². The predicted octanol–water partition coefficient (Wildman–Crippen LogP) is 0.603. The maximum Gasteiger partial charge on any atom is 0.271 e. The molecular formula is C15H19N3O. The van der Waals surface area contributed by atoms with E-state index in [1.54, 1.807) is 0 Å². The van der Waals surface area contributed by atoms with Gasteiger partial charge in [-0.2, -0.15) is 5.10 Å². The van der Waals surface area contributed by atoms with Crippen LogP contribution in [0.5, 0.6) is 0 Å². The summed E-state index contributed by atoms with van der Waals surface area (Å²) in [6, 6.07) is 0. The first-order chi connectivity index (χ1) is 9.17. The topological polar surface area (TPSA) is 49.0 Å². The van der Waals surface area contributed by atoms with E-state index < -0.39 is 0 Å². The monoisotopic (exact) mass is 257 g/mol. The third-order valence-corrected chi connectivity index (χ3v) is 3.14. The van der Waals surface area contributed by atoms with E-state index in [1.807, 2.05) is 45.3 Å². The quantitative estimate of drug-likeness (QED) is 0.844. The van der Waals surface area contributed by atoms with Gasteiger partial charge in [0.25, 0.3) is 5.56 Å². The Hall–Kier alpha value is -2.10. The van der Waals surface area contributed by atoms with Crippen LogP contribution in [-0.4, -0.2) is 28.7 Å². The zero-order valence-electron chi connectivity index (χ0n) is 11.6. The summed E-state index contributed by atoms with van der Waals surface area (Å²) in [5.41, 5.74) is 1.76. The summed E-state index contributed by atoms with van der Waals surface area (Å²) in [5, 5.41) is 8.42. The molecule has 100 valence electrons. The Kier molecular flexibility index (Phi) is 4.00. The van der Waals surface area contributed by atoms with E-state index in [-0.39, 0.29) is 5.56 Å². The summed E-state index contributed by atoms with van der Waals surface area (Å²) in [5.74, 6) is 0. The molecule has 0 amide bonds. The fourth-order valence-corrected chi connectivity index (χ4v) is 2.15. The maximum absolute atomic E-state index is 11.9. The lowest BCUT2D eigenvalue weighted by Crippen LogP contribution is -2.44. The molecule has 0 radical (unpaired) electrons. The van der Waals surface area contributed by atoms with E-state index >= 15 is 0 Å². The maximum atomic E-state index is 11.9. The zero-order valence-corrected chi connectivity index (χ0v) is 11.6. The predicted molar refractivity (Wildman–Crippen MR) is 78.7 cm³/mol. The van der Waals surface area contributed by atoms with Crippen LogP contribution >= 0.6 is 0 Å². The molecule has 0 aromatic carbocycles. The molecule has 1 aliphatic heterocycles. The van der Waals surface area contributed by atoms with Crippen molar-refractivity contribution in [2.24, 2.45) is 0 Å². The van der Waals surface area contributed by atoms with Crippen LogP contribution in [0.3, 0.4) is 0 Å². The van der Waals surface area contributed by atoms with E-state index in [9.17, 15) is 4.79 Å². The fourth-order valence-electron chi connectivity index (χ4n) is 2.15. The molecule has 0 aliphatic carbocycles. The molecule has 2 rings (SSSR count). The largest absolute Gasteiger partial charge is 0.377 e. The van der Waals surface area contributed by atoms with Gasteiger partial charge in [0.2, 0.25) is 0 Å². The van der Waals surface area contributed by atoms with Gasteiger partial charge in [0.15, 0.2) is 0 Å². The molecule has 0 saturated carbocycles. The molecule has 0 fully saturated rings. The third-order valence-electron chi connectivity index (χ3n) is 3.14. The summed E-state index contributed by atoms with van der Waals surface area (Å²) in [7, 11) is 2.02. The molecule has 4 heteroatoms. The highest BCUT2D eigenvalue weighted by molar-refractivity contribution is 5.73. The molecule has 0 unspecified atom stereocenters. The van der Waals surface area contributed by atoms with E-state index in [0.717, 1.165) is 29.5 Å². The van der Waals surface area contributed by atoms with Crippen LogP contribution in [0.4, 0.5) is 0 Å². The highest BCUT2D eigenvalue weighted by atomic mass is 16.1. The van der Waals surface area contributed by atoms with Crippen molar-refractivity contribution in [3.8, 4) is 0 Å². The van der Waals surface area contributed by atoms with E-state index in [0.29, 0.717) is 5.22 Å². The van der Waals surface area contributed by atoms with Gasteiger partial charge in [-0.1, -0.05) is 25.2 Å². The van der Waals surface area contributed by atoms with Gasteiger partial charge in [0.05, 0.1) is 5.69 Å². The van der Waals surface area contributed by atoms with Gasteiger partial charge < -0.3 is 4.90 Å². The number of aromatic nitrogens is 2. The number of nitrogens with one attached hydrogen (secondary N) is 1. The molecule has 2 heterocycles. The average Bonchev–Trinajstić information content (AvgIpc) is 2.42. The second kappa shape index (κ2) is 5.69. The molecule has 0 saturated heterocycles. The Balaban J connectivity index is 2.68. The highest BCUT2D eigenvalue weighted by Gasteiger charge is 2.08. The lowest BCUT2D eigenvalue weighted by molar-refractivity contribution is 0.506. The molecule has 0 atom stereocenters. The van der Waals surface area contributed by atoms with Crippen LogP contribution < -0.4 is 16.0 Å². The van der Waals surface area contributed by atoms with E-state index in [2.05, 4.69) is 21.2 Å². The summed E-state index contributed by atoms with van der Waals surface area (Å²) in [6.07, 6.45) is 10.9. The van der Waals surface area contributed by atoms with Crippen molar-refractivity contribution in [1.29, 1.82) is 0 Å². The van der Waals surface area contributed by atoms with Crippen molar-refractivity contribution in [3.63, 3.8) is 0 Å². The van der Waals surface area contributed by atoms with Gasteiger partial charge >= 0.3 is 0 Å². The summed E-state index contributed by atoms with van der Waals surface area (Å²) < 4.78 is 0. The van der Waals surface area contributed by atoms with Crippen LogP contribution in [0.1, 0.15) is 26.0 Å². The van der Waals surface area contributed by atoms with Gasteiger partial charge in [-0.25, -0.2) is 5.10 Å². The minimum Gasteiger partial charge on any atom is -0.377 e. The second-order valence-electron chi connectivity index (χ2n) is 4.54. The first-order valence-electron chi connectivity index (χ1n) is 6.51. The Bertz CT molecular complexity index is 695. The lowest BCUT2D eigenvalue weighted by Gasteiger charge is -2.16. The van der Waals surface area contributed by atoms with Crippen LogP contribution in [0.25, 0.3) is 17.7 Å². The van der Waals surface area contributed by atoms with Crippen LogP contribution in [0.2, 0.25) is 0 Å². The summed E-state index contributed by atoms with van der Waals surface area (Å²) in [4.78, 5) is 13.9. The zero-order chi connectivity index (χ0) is 13.8. The Morgan fingerprint density at radius 2 is 2.26 bits per heavy atom. The minimum absolute atomic E-state index is 0.129. The Morgan fingerprint density at radius 3 is 2.84 bits per heavy atom. The first-order valence-corrected chi connectivity index (χ1v) is 6.51. The van der Waals surface area contributed by atoms with Crippen LogP contribution in [-0.2, 0) is 0 Å². The third kappa shape index (κ3) is 2.67. The number of nitrogens with zero attached hydrogens (tertiary/aromatic N) is 2. The van der Waals surface area contributed by atoms with Crippen LogP contribution in [0, 0.1) is 0 Å². The number of likely N-dealkylation sites (N-methyl/N-ethyl adjacent to an activating group) is 1. The summed E-state index contributed by atoms with van der Waals surface area (Å²) in [6.45, 7) is 4.81. The Labute approximate surface area is 112 Å². The van der Waals surface area contributed by atoms with Gasteiger partial charge in [-0.15, -0.1) is 0 Å².